The number of anilines is 3. The van der Waals surface area contributed by atoms with Gasteiger partial charge in [-0.25, -0.2) is 0 Å². The van der Waals surface area contributed by atoms with Crippen molar-refractivity contribution < 1.29 is 0 Å². The normalized spacial score (nSPS) is 14.3. The first kappa shape index (κ1) is 36.7. The molecule has 0 N–H and O–H groups in total. The van der Waals surface area contributed by atoms with Crippen molar-refractivity contribution in [2.45, 2.75) is 5.41 Å². The molecule has 0 spiro atoms. The van der Waals surface area contributed by atoms with E-state index in [-0.39, 0.29) is 0 Å². The van der Waals surface area contributed by atoms with Crippen LogP contribution in [-0.2, 0) is 5.41 Å². The number of para-hydroxylation sites is 4. The summed E-state index contributed by atoms with van der Waals surface area (Å²) in [4.78, 5) is 2.34. The van der Waals surface area contributed by atoms with Crippen molar-refractivity contribution in [1.82, 2.24) is 4.57 Å². The topological polar surface area (TPSA) is 8.17 Å². The van der Waals surface area contributed by atoms with Gasteiger partial charge in [0, 0.05) is 59.3 Å². The lowest BCUT2D eigenvalue weighted by Gasteiger charge is -2.34. The van der Waals surface area contributed by atoms with Crippen LogP contribution in [0.1, 0.15) is 22.3 Å². The quantitative estimate of drug-likeness (QED) is 0.155. The van der Waals surface area contributed by atoms with Gasteiger partial charge in [-0.05, 0) is 112 Å². The molecule has 10 aromatic carbocycles. The lowest BCUT2D eigenvalue weighted by molar-refractivity contribution is 0.769. The standard InChI is InChI=1S/C61H40N2S/c1-5-17-43(18-6-1)61(44-31-33-48(34-32-44)62(45-19-7-2-8-20-45)46-21-9-3-10-22-46)54-27-15-13-26-52(54)59-55(61)37-36-51-53-39-41(30-38-58(53)64-60(51)59)42-29-35-50-49-25-14-16-28-56(49)63(57(50)40-42)47-23-11-4-12-24-47/h1-40H. The molecule has 0 saturated heterocycles. The Morgan fingerprint density at radius 3 is 1.69 bits per heavy atom. The number of thiophene rings is 1. The molecule has 1 aliphatic rings. The summed E-state index contributed by atoms with van der Waals surface area (Å²) in [6, 6.07) is 89.3. The molecular weight excluding hydrogens is 793 g/mol. The van der Waals surface area contributed by atoms with E-state index >= 15 is 0 Å². The third-order valence-electron chi connectivity index (χ3n) is 13.5. The zero-order chi connectivity index (χ0) is 42.2. The maximum atomic E-state index is 2.43. The highest BCUT2D eigenvalue weighted by Crippen LogP contribution is 2.59. The number of fused-ring (bicyclic) bond motifs is 10. The minimum Gasteiger partial charge on any atom is -0.311 e. The molecule has 0 bridgehead atoms. The maximum absolute atomic E-state index is 2.43. The summed E-state index contributed by atoms with van der Waals surface area (Å²) in [6.07, 6.45) is 0. The van der Waals surface area contributed by atoms with Crippen LogP contribution in [0.15, 0.2) is 243 Å². The molecule has 1 unspecified atom stereocenters. The molecule has 2 aromatic heterocycles. The van der Waals surface area contributed by atoms with Gasteiger partial charge in [0.15, 0.2) is 0 Å². The molecule has 0 aliphatic heterocycles. The van der Waals surface area contributed by atoms with E-state index in [9.17, 15) is 0 Å². The van der Waals surface area contributed by atoms with Gasteiger partial charge >= 0.3 is 0 Å². The van der Waals surface area contributed by atoms with Gasteiger partial charge in [-0.15, -0.1) is 11.3 Å². The lowest BCUT2D eigenvalue weighted by atomic mass is 9.67. The number of hydrogen-bond donors (Lipinski definition) is 0. The Hall–Kier alpha value is -7.98. The van der Waals surface area contributed by atoms with Crippen LogP contribution in [0.2, 0.25) is 0 Å². The van der Waals surface area contributed by atoms with Crippen molar-refractivity contribution >= 4 is 70.4 Å². The van der Waals surface area contributed by atoms with Crippen LogP contribution in [0.3, 0.4) is 0 Å². The molecule has 3 heteroatoms. The van der Waals surface area contributed by atoms with Crippen molar-refractivity contribution in [2.24, 2.45) is 0 Å². The maximum Gasteiger partial charge on any atom is 0.0714 e. The van der Waals surface area contributed by atoms with Crippen LogP contribution < -0.4 is 4.90 Å². The van der Waals surface area contributed by atoms with Crippen molar-refractivity contribution in [3.63, 3.8) is 0 Å². The molecular formula is C61H40N2S. The molecule has 1 aliphatic carbocycles. The van der Waals surface area contributed by atoms with E-state index in [0.29, 0.717) is 0 Å². The Balaban J connectivity index is 0.986. The van der Waals surface area contributed by atoms with Crippen LogP contribution in [0.25, 0.3) is 69.9 Å². The highest BCUT2D eigenvalue weighted by atomic mass is 32.1. The lowest BCUT2D eigenvalue weighted by Crippen LogP contribution is -2.28. The van der Waals surface area contributed by atoms with E-state index in [1.54, 1.807) is 0 Å². The Kier molecular flexibility index (Phi) is 8.34. The van der Waals surface area contributed by atoms with Crippen LogP contribution >= 0.6 is 11.3 Å². The average molecular weight is 833 g/mol. The number of aromatic nitrogens is 1. The number of benzene rings is 10. The summed E-state index contributed by atoms with van der Waals surface area (Å²) < 4.78 is 5.04. The van der Waals surface area contributed by atoms with Gasteiger partial charge < -0.3 is 9.47 Å². The summed E-state index contributed by atoms with van der Waals surface area (Å²) in [5, 5.41) is 5.13. The molecule has 0 saturated carbocycles. The van der Waals surface area contributed by atoms with Gasteiger partial charge in [-0.2, -0.15) is 0 Å². The third-order valence-corrected chi connectivity index (χ3v) is 14.7. The summed E-state index contributed by atoms with van der Waals surface area (Å²) in [6.45, 7) is 0. The fourth-order valence-electron chi connectivity index (χ4n) is 10.7. The first-order valence-electron chi connectivity index (χ1n) is 22.0. The Morgan fingerprint density at radius 1 is 0.375 bits per heavy atom. The fourth-order valence-corrected chi connectivity index (χ4v) is 12.0. The number of hydrogen-bond acceptors (Lipinski definition) is 2. The van der Waals surface area contributed by atoms with Crippen LogP contribution in [0, 0.1) is 0 Å². The average Bonchev–Trinajstić information content (AvgIpc) is 4.01. The highest BCUT2D eigenvalue weighted by Gasteiger charge is 2.47. The molecule has 1 atom stereocenters. The molecule has 0 fully saturated rings. The van der Waals surface area contributed by atoms with Crippen LogP contribution in [-0.4, -0.2) is 4.57 Å². The van der Waals surface area contributed by atoms with Crippen molar-refractivity contribution in [1.29, 1.82) is 0 Å². The highest BCUT2D eigenvalue weighted by molar-refractivity contribution is 7.26. The predicted octanol–water partition coefficient (Wildman–Crippen LogP) is 16.7. The second kappa shape index (κ2) is 14.6. The second-order valence-corrected chi connectivity index (χ2v) is 17.9. The Bertz CT molecular complexity index is 3660. The Morgan fingerprint density at radius 2 is 0.938 bits per heavy atom. The third kappa shape index (κ3) is 5.44. The van der Waals surface area contributed by atoms with E-state index in [4.69, 9.17) is 0 Å². The largest absolute Gasteiger partial charge is 0.311 e. The van der Waals surface area contributed by atoms with Gasteiger partial charge in [-0.3, -0.25) is 0 Å². The molecule has 0 radical (unpaired) electrons. The van der Waals surface area contributed by atoms with E-state index in [0.717, 1.165) is 17.1 Å². The molecule has 300 valence electrons. The van der Waals surface area contributed by atoms with E-state index in [2.05, 4.69) is 252 Å². The molecule has 13 rings (SSSR count). The van der Waals surface area contributed by atoms with Crippen molar-refractivity contribution in [2.75, 3.05) is 4.90 Å². The molecule has 2 heterocycles. The monoisotopic (exact) mass is 832 g/mol. The second-order valence-electron chi connectivity index (χ2n) is 16.8. The molecule has 2 nitrogen and oxygen atoms in total. The summed E-state index contributed by atoms with van der Waals surface area (Å²) in [5.74, 6) is 0. The Labute approximate surface area is 376 Å². The first-order chi connectivity index (χ1) is 31.8. The zero-order valence-corrected chi connectivity index (χ0v) is 35.7. The van der Waals surface area contributed by atoms with Gasteiger partial charge in [0.25, 0.3) is 0 Å². The molecule has 12 aromatic rings. The zero-order valence-electron chi connectivity index (χ0n) is 34.9. The van der Waals surface area contributed by atoms with Crippen molar-refractivity contribution in [3.8, 4) is 27.9 Å². The smallest absolute Gasteiger partial charge is 0.0714 e. The van der Waals surface area contributed by atoms with Crippen molar-refractivity contribution in [3.05, 3.63) is 265 Å². The van der Waals surface area contributed by atoms with Gasteiger partial charge in [0.05, 0.1) is 16.4 Å². The summed E-state index contributed by atoms with van der Waals surface area (Å²) in [7, 11) is 0. The molecule has 0 amide bonds. The van der Waals surface area contributed by atoms with Gasteiger partial charge in [0.2, 0.25) is 0 Å². The first-order valence-corrected chi connectivity index (χ1v) is 22.8. The van der Waals surface area contributed by atoms with E-state index < -0.39 is 5.41 Å². The predicted molar refractivity (Wildman–Crippen MR) is 271 cm³/mol. The van der Waals surface area contributed by atoms with Crippen LogP contribution in [0.4, 0.5) is 17.1 Å². The minimum atomic E-state index is -0.516. The SMILES string of the molecule is c1ccc(N(c2ccccc2)c2ccc(C3(c4ccccc4)c4ccccc4-c4c3ccc3c4sc4ccc(-c5ccc6c7ccccc7n(-c7ccccc7)c6c5)cc43)cc2)cc1. The van der Waals surface area contributed by atoms with Gasteiger partial charge in [0.1, 0.15) is 0 Å². The van der Waals surface area contributed by atoms with Crippen LogP contribution in [0.5, 0.6) is 0 Å². The fraction of sp³-hybridized carbons (Fsp3) is 0.0164. The molecule has 64 heavy (non-hydrogen) atoms. The minimum absolute atomic E-state index is 0.516. The van der Waals surface area contributed by atoms with E-state index in [1.807, 2.05) is 11.3 Å². The summed E-state index contributed by atoms with van der Waals surface area (Å²) >= 11 is 1.92. The number of nitrogens with zero attached hydrogens (tertiary/aromatic N) is 2. The van der Waals surface area contributed by atoms with Gasteiger partial charge in [-0.1, -0.05) is 170 Å². The summed E-state index contributed by atoms with van der Waals surface area (Å²) in [5.41, 5.74) is 16.7. The van der Waals surface area contributed by atoms with E-state index in [1.165, 1.54) is 92.2 Å². The number of rotatable bonds is 7.